The SMILES string of the molecule is C[C@H](NC(=O)[C@H]1CCCC(=O)N1)c1ccccc1Cl. The predicted octanol–water partition coefficient (Wildman–Crippen LogP) is 2.19. The second-order valence-electron chi connectivity index (χ2n) is 4.76. The molecule has 1 aliphatic rings. The van der Waals surface area contributed by atoms with Gasteiger partial charge in [-0.15, -0.1) is 0 Å². The first kappa shape index (κ1) is 13.9. The molecule has 1 saturated heterocycles. The van der Waals surface area contributed by atoms with Gasteiger partial charge in [0.1, 0.15) is 6.04 Å². The fraction of sp³-hybridized carbons (Fsp3) is 0.429. The highest BCUT2D eigenvalue weighted by Gasteiger charge is 2.25. The Kier molecular flexibility index (Phi) is 4.43. The molecule has 102 valence electrons. The van der Waals surface area contributed by atoms with Gasteiger partial charge in [-0.05, 0) is 31.4 Å². The Morgan fingerprint density at radius 2 is 2.21 bits per heavy atom. The van der Waals surface area contributed by atoms with Crippen molar-refractivity contribution in [1.29, 1.82) is 0 Å². The van der Waals surface area contributed by atoms with Gasteiger partial charge in [-0.1, -0.05) is 29.8 Å². The minimum atomic E-state index is -0.425. The van der Waals surface area contributed by atoms with Crippen LogP contribution in [-0.4, -0.2) is 17.9 Å². The number of hydrogen-bond donors (Lipinski definition) is 2. The number of piperidine rings is 1. The van der Waals surface area contributed by atoms with Crippen LogP contribution in [0.4, 0.5) is 0 Å². The zero-order valence-electron chi connectivity index (χ0n) is 10.8. The Morgan fingerprint density at radius 1 is 1.47 bits per heavy atom. The monoisotopic (exact) mass is 280 g/mol. The highest BCUT2D eigenvalue weighted by Crippen LogP contribution is 2.22. The molecular weight excluding hydrogens is 264 g/mol. The Hall–Kier alpha value is -1.55. The van der Waals surface area contributed by atoms with Crippen LogP contribution in [0.15, 0.2) is 24.3 Å². The third-order valence-corrected chi connectivity index (χ3v) is 3.62. The van der Waals surface area contributed by atoms with Crippen LogP contribution in [0.5, 0.6) is 0 Å². The summed E-state index contributed by atoms with van der Waals surface area (Å²) in [6.45, 7) is 1.88. The summed E-state index contributed by atoms with van der Waals surface area (Å²) in [4.78, 5) is 23.3. The average molecular weight is 281 g/mol. The molecule has 0 saturated carbocycles. The highest BCUT2D eigenvalue weighted by atomic mass is 35.5. The van der Waals surface area contributed by atoms with Crippen molar-refractivity contribution in [3.8, 4) is 0 Å². The van der Waals surface area contributed by atoms with Crippen LogP contribution in [0.2, 0.25) is 5.02 Å². The minimum Gasteiger partial charge on any atom is -0.348 e. The van der Waals surface area contributed by atoms with E-state index >= 15 is 0 Å². The number of benzene rings is 1. The molecule has 0 aromatic heterocycles. The van der Waals surface area contributed by atoms with Gasteiger partial charge in [-0.25, -0.2) is 0 Å². The molecule has 1 aliphatic heterocycles. The summed E-state index contributed by atoms with van der Waals surface area (Å²) in [5.41, 5.74) is 0.875. The molecule has 0 radical (unpaired) electrons. The summed E-state index contributed by atoms with van der Waals surface area (Å²) in [5.74, 6) is -0.211. The number of nitrogens with one attached hydrogen (secondary N) is 2. The molecule has 5 heteroatoms. The van der Waals surface area contributed by atoms with Crippen molar-refractivity contribution in [2.75, 3.05) is 0 Å². The maximum Gasteiger partial charge on any atom is 0.243 e. The van der Waals surface area contributed by atoms with Crippen molar-refractivity contribution < 1.29 is 9.59 Å². The van der Waals surface area contributed by atoms with Gasteiger partial charge in [-0.2, -0.15) is 0 Å². The molecule has 2 N–H and O–H groups in total. The van der Waals surface area contributed by atoms with E-state index in [1.54, 1.807) is 6.07 Å². The maximum absolute atomic E-state index is 12.1. The van der Waals surface area contributed by atoms with Crippen LogP contribution >= 0.6 is 11.6 Å². The number of hydrogen-bond acceptors (Lipinski definition) is 2. The number of carbonyl (C=O) groups is 2. The van der Waals surface area contributed by atoms with Gasteiger partial charge in [0.2, 0.25) is 11.8 Å². The molecule has 0 bridgehead atoms. The highest BCUT2D eigenvalue weighted by molar-refractivity contribution is 6.31. The lowest BCUT2D eigenvalue weighted by Crippen LogP contribution is -2.49. The molecule has 1 aromatic carbocycles. The average Bonchev–Trinajstić information content (AvgIpc) is 2.39. The summed E-state index contributed by atoms with van der Waals surface area (Å²) in [6, 6.07) is 6.80. The first-order valence-electron chi connectivity index (χ1n) is 6.42. The first-order valence-corrected chi connectivity index (χ1v) is 6.80. The summed E-state index contributed by atoms with van der Waals surface area (Å²) in [5, 5.41) is 6.22. The lowest BCUT2D eigenvalue weighted by Gasteiger charge is -2.24. The van der Waals surface area contributed by atoms with Crippen molar-refractivity contribution in [2.24, 2.45) is 0 Å². The quantitative estimate of drug-likeness (QED) is 0.892. The van der Waals surface area contributed by atoms with E-state index in [0.717, 1.165) is 12.0 Å². The fourth-order valence-electron chi connectivity index (χ4n) is 2.22. The van der Waals surface area contributed by atoms with Crippen LogP contribution in [-0.2, 0) is 9.59 Å². The van der Waals surface area contributed by atoms with E-state index < -0.39 is 6.04 Å². The maximum atomic E-state index is 12.1. The van der Waals surface area contributed by atoms with Crippen LogP contribution in [0, 0.1) is 0 Å². The molecule has 1 fully saturated rings. The summed E-state index contributed by atoms with van der Waals surface area (Å²) < 4.78 is 0. The third-order valence-electron chi connectivity index (χ3n) is 3.28. The molecular formula is C14H17ClN2O2. The van der Waals surface area contributed by atoms with Gasteiger partial charge in [-0.3, -0.25) is 9.59 Å². The summed E-state index contributed by atoms with van der Waals surface area (Å²) in [7, 11) is 0. The van der Waals surface area contributed by atoms with E-state index in [1.165, 1.54) is 0 Å². The minimum absolute atomic E-state index is 0.0585. The largest absolute Gasteiger partial charge is 0.348 e. The number of amides is 2. The number of carbonyl (C=O) groups excluding carboxylic acids is 2. The Balaban J connectivity index is 1.99. The summed E-state index contributed by atoms with van der Waals surface area (Å²) >= 11 is 6.09. The van der Waals surface area contributed by atoms with Crippen molar-refractivity contribution >= 4 is 23.4 Å². The van der Waals surface area contributed by atoms with Crippen molar-refractivity contribution in [3.05, 3.63) is 34.9 Å². The van der Waals surface area contributed by atoms with Crippen LogP contribution < -0.4 is 10.6 Å². The van der Waals surface area contributed by atoms with E-state index in [-0.39, 0.29) is 17.9 Å². The Bertz CT molecular complexity index is 490. The van der Waals surface area contributed by atoms with E-state index in [1.807, 2.05) is 25.1 Å². The number of rotatable bonds is 3. The van der Waals surface area contributed by atoms with Crippen molar-refractivity contribution in [3.63, 3.8) is 0 Å². The van der Waals surface area contributed by atoms with E-state index in [2.05, 4.69) is 10.6 Å². The Labute approximate surface area is 117 Å². The second-order valence-corrected chi connectivity index (χ2v) is 5.17. The number of halogens is 1. The zero-order valence-corrected chi connectivity index (χ0v) is 11.5. The van der Waals surface area contributed by atoms with Gasteiger partial charge < -0.3 is 10.6 Å². The molecule has 4 nitrogen and oxygen atoms in total. The molecule has 19 heavy (non-hydrogen) atoms. The van der Waals surface area contributed by atoms with Gasteiger partial charge >= 0.3 is 0 Å². The molecule has 2 rings (SSSR count). The predicted molar refractivity (Wildman–Crippen MR) is 73.8 cm³/mol. The van der Waals surface area contributed by atoms with E-state index in [0.29, 0.717) is 17.9 Å². The van der Waals surface area contributed by atoms with Gasteiger partial charge in [0, 0.05) is 11.4 Å². The topological polar surface area (TPSA) is 58.2 Å². The van der Waals surface area contributed by atoms with Crippen LogP contribution in [0.25, 0.3) is 0 Å². The standard InChI is InChI=1S/C14H17ClN2O2/c1-9(10-5-2-3-6-11(10)15)16-14(19)12-7-4-8-13(18)17-12/h2-3,5-6,9,12H,4,7-8H2,1H3,(H,16,19)(H,17,18)/t9-,12+/m0/s1. The van der Waals surface area contributed by atoms with Gasteiger partial charge in [0.15, 0.2) is 0 Å². The molecule has 0 spiro atoms. The normalized spacial score (nSPS) is 20.5. The Morgan fingerprint density at radius 3 is 2.89 bits per heavy atom. The van der Waals surface area contributed by atoms with Gasteiger partial charge in [0.05, 0.1) is 6.04 Å². The van der Waals surface area contributed by atoms with Crippen LogP contribution in [0.3, 0.4) is 0 Å². The lowest BCUT2D eigenvalue weighted by molar-refractivity contribution is -0.131. The van der Waals surface area contributed by atoms with E-state index in [4.69, 9.17) is 11.6 Å². The molecule has 1 aromatic rings. The third kappa shape index (κ3) is 3.47. The molecule has 2 amide bonds. The second kappa shape index (κ2) is 6.06. The smallest absolute Gasteiger partial charge is 0.243 e. The first-order chi connectivity index (χ1) is 9.08. The van der Waals surface area contributed by atoms with E-state index in [9.17, 15) is 9.59 Å². The zero-order chi connectivity index (χ0) is 13.8. The molecule has 0 unspecified atom stereocenters. The van der Waals surface area contributed by atoms with Crippen molar-refractivity contribution in [2.45, 2.75) is 38.3 Å². The molecule has 0 aliphatic carbocycles. The molecule has 2 atom stereocenters. The summed E-state index contributed by atoms with van der Waals surface area (Å²) in [6.07, 6.45) is 1.95. The fourth-order valence-corrected chi connectivity index (χ4v) is 2.52. The van der Waals surface area contributed by atoms with Gasteiger partial charge in [0.25, 0.3) is 0 Å². The lowest BCUT2D eigenvalue weighted by atomic mass is 10.0. The molecule has 1 heterocycles. The van der Waals surface area contributed by atoms with Crippen molar-refractivity contribution in [1.82, 2.24) is 10.6 Å². The van der Waals surface area contributed by atoms with Crippen LogP contribution in [0.1, 0.15) is 37.8 Å².